The summed E-state index contributed by atoms with van der Waals surface area (Å²) in [6.07, 6.45) is 3.76. The number of benzene rings is 1. The molecule has 2 aromatic heterocycles. The van der Waals surface area contributed by atoms with E-state index in [2.05, 4.69) is 51.1 Å². The highest BCUT2D eigenvalue weighted by Crippen LogP contribution is 2.32. The van der Waals surface area contributed by atoms with Crippen molar-refractivity contribution in [3.8, 4) is 0 Å². The van der Waals surface area contributed by atoms with E-state index in [4.69, 9.17) is 5.73 Å². The number of thiazole rings is 1. The molecular weight excluding hydrogens is 320 g/mol. The minimum absolute atomic E-state index is 0.548. The van der Waals surface area contributed by atoms with Gasteiger partial charge in [-0.1, -0.05) is 30.7 Å². The van der Waals surface area contributed by atoms with E-state index < -0.39 is 0 Å². The first-order chi connectivity index (χ1) is 11.6. The molecule has 0 bridgehead atoms. The fraction of sp³-hybridized carbons (Fsp3) is 0.353. The van der Waals surface area contributed by atoms with E-state index in [9.17, 15) is 0 Å². The molecule has 0 amide bonds. The Labute approximate surface area is 145 Å². The Hall–Kier alpha value is -2.41. The number of nitrogens with two attached hydrogens (primary N) is 1. The van der Waals surface area contributed by atoms with Gasteiger partial charge in [0.1, 0.15) is 12.0 Å². The third-order valence-electron chi connectivity index (χ3n) is 3.84. The number of anilines is 4. The molecule has 0 aliphatic rings. The molecule has 2 heterocycles. The van der Waals surface area contributed by atoms with Crippen LogP contribution in [0.25, 0.3) is 10.2 Å². The number of rotatable bonds is 6. The average molecular weight is 342 g/mol. The molecule has 3 aromatic rings. The van der Waals surface area contributed by atoms with Crippen LogP contribution in [0.1, 0.15) is 25.3 Å². The van der Waals surface area contributed by atoms with Gasteiger partial charge in [0.15, 0.2) is 16.8 Å². The van der Waals surface area contributed by atoms with E-state index in [0.717, 1.165) is 40.6 Å². The fourth-order valence-corrected chi connectivity index (χ4v) is 3.44. The van der Waals surface area contributed by atoms with Crippen LogP contribution in [0.4, 0.5) is 22.5 Å². The van der Waals surface area contributed by atoms with E-state index in [0.29, 0.717) is 11.5 Å². The van der Waals surface area contributed by atoms with Crippen LogP contribution in [-0.2, 0) is 0 Å². The Morgan fingerprint density at radius 2 is 2.12 bits per heavy atom. The van der Waals surface area contributed by atoms with Crippen molar-refractivity contribution in [3.05, 3.63) is 30.1 Å². The highest BCUT2D eigenvalue weighted by Gasteiger charge is 2.13. The standard InChI is InChI=1S/C17H22N6S/c1-4-5-8-23(3)16-14(18)15(19-10-20-16)22-17-21-12-7-6-11(2)9-13(12)24-17/h6-7,9-10H,4-5,8,18H2,1-3H3,(H,19,20,21,22). The van der Waals surface area contributed by atoms with Gasteiger partial charge in [-0.05, 0) is 31.0 Å². The lowest BCUT2D eigenvalue weighted by molar-refractivity contribution is 0.759. The number of nitrogens with one attached hydrogen (secondary N) is 1. The van der Waals surface area contributed by atoms with E-state index >= 15 is 0 Å². The van der Waals surface area contributed by atoms with Gasteiger partial charge in [-0.2, -0.15) is 0 Å². The zero-order valence-electron chi connectivity index (χ0n) is 14.2. The maximum Gasteiger partial charge on any atom is 0.189 e. The highest BCUT2D eigenvalue weighted by molar-refractivity contribution is 7.22. The van der Waals surface area contributed by atoms with Crippen molar-refractivity contribution in [1.82, 2.24) is 15.0 Å². The molecule has 24 heavy (non-hydrogen) atoms. The van der Waals surface area contributed by atoms with Crippen molar-refractivity contribution >= 4 is 44.0 Å². The molecule has 0 aliphatic carbocycles. The summed E-state index contributed by atoms with van der Waals surface area (Å²) in [6, 6.07) is 6.22. The number of hydrogen-bond donors (Lipinski definition) is 2. The van der Waals surface area contributed by atoms with Crippen molar-refractivity contribution in [2.45, 2.75) is 26.7 Å². The van der Waals surface area contributed by atoms with Crippen LogP contribution in [-0.4, -0.2) is 28.5 Å². The number of unbranched alkanes of at least 4 members (excludes halogenated alkanes) is 1. The third-order valence-corrected chi connectivity index (χ3v) is 4.77. The summed E-state index contributed by atoms with van der Waals surface area (Å²) in [6.45, 7) is 5.16. The predicted molar refractivity (Wildman–Crippen MR) is 102 cm³/mol. The smallest absolute Gasteiger partial charge is 0.189 e. The van der Waals surface area contributed by atoms with Crippen molar-refractivity contribution in [2.75, 3.05) is 29.5 Å². The van der Waals surface area contributed by atoms with Gasteiger partial charge in [0, 0.05) is 13.6 Å². The normalized spacial score (nSPS) is 11.0. The topological polar surface area (TPSA) is 80.0 Å². The van der Waals surface area contributed by atoms with Crippen molar-refractivity contribution < 1.29 is 0 Å². The van der Waals surface area contributed by atoms with Crippen molar-refractivity contribution in [1.29, 1.82) is 0 Å². The number of aromatic nitrogens is 3. The molecule has 0 saturated heterocycles. The summed E-state index contributed by atoms with van der Waals surface area (Å²) < 4.78 is 1.14. The summed E-state index contributed by atoms with van der Waals surface area (Å²) in [5.74, 6) is 1.34. The maximum absolute atomic E-state index is 6.27. The molecule has 0 fully saturated rings. The second kappa shape index (κ2) is 7.00. The average Bonchev–Trinajstić information content (AvgIpc) is 2.96. The van der Waals surface area contributed by atoms with Gasteiger partial charge in [-0.3, -0.25) is 0 Å². The number of fused-ring (bicyclic) bond motifs is 1. The van der Waals surface area contributed by atoms with Gasteiger partial charge in [-0.15, -0.1) is 0 Å². The zero-order chi connectivity index (χ0) is 17.1. The number of aryl methyl sites for hydroxylation is 1. The van der Waals surface area contributed by atoms with Crippen LogP contribution in [0.5, 0.6) is 0 Å². The first-order valence-electron chi connectivity index (χ1n) is 8.04. The Morgan fingerprint density at radius 3 is 2.92 bits per heavy atom. The number of nitrogens with zero attached hydrogens (tertiary/aromatic N) is 4. The fourth-order valence-electron chi connectivity index (χ4n) is 2.48. The molecule has 3 rings (SSSR count). The van der Waals surface area contributed by atoms with E-state index in [1.165, 1.54) is 11.9 Å². The lowest BCUT2D eigenvalue weighted by Crippen LogP contribution is -2.21. The molecule has 1 aromatic carbocycles. The highest BCUT2D eigenvalue weighted by atomic mass is 32.1. The zero-order valence-corrected chi connectivity index (χ0v) is 15.0. The molecule has 0 atom stereocenters. The van der Waals surface area contributed by atoms with Gasteiger partial charge in [0.2, 0.25) is 0 Å². The summed E-state index contributed by atoms with van der Waals surface area (Å²) in [7, 11) is 2.00. The molecule has 3 N–H and O–H groups in total. The van der Waals surface area contributed by atoms with Crippen LogP contribution in [0.15, 0.2) is 24.5 Å². The minimum Gasteiger partial charge on any atom is -0.393 e. The molecule has 0 unspecified atom stereocenters. The Bertz CT molecular complexity index is 844. The molecule has 0 aliphatic heterocycles. The SMILES string of the molecule is CCCCN(C)c1ncnc(Nc2nc3ccc(C)cc3s2)c1N. The summed E-state index contributed by atoms with van der Waals surface area (Å²) in [4.78, 5) is 15.3. The minimum atomic E-state index is 0.548. The van der Waals surface area contributed by atoms with Crippen LogP contribution in [0.3, 0.4) is 0 Å². The van der Waals surface area contributed by atoms with Crippen molar-refractivity contribution in [2.24, 2.45) is 0 Å². The van der Waals surface area contributed by atoms with Gasteiger partial charge in [-0.25, -0.2) is 15.0 Å². The molecule has 6 nitrogen and oxygen atoms in total. The molecule has 0 radical (unpaired) electrons. The van der Waals surface area contributed by atoms with Crippen molar-refractivity contribution in [3.63, 3.8) is 0 Å². The molecule has 0 saturated carbocycles. The molecule has 7 heteroatoms. The van der Waals surface area contributed by atoms with Gasteiger partial charge >= 0.3 is 0 Å². The maximum atomic E-state index is 6.27. The third kappa shape index (κ3) is 3.41. The summed E-state index contributed by atoms with van der Waals surface area (Å²) in [5, 5.41) is 4.02. The summed E-state index contributed by atoms with van der Waals surface area (Å²) in [5.41, 5.74) is 9.01. The first-order valence-corrected chi connectivity index (χ1v) is 8.86. The quantitative estimate of drug-likeness (QED) is 0.706. The first kappa shape index (κ1) is 16.4. The lowest BCUT2D eigenvalue weighted by Gasteiger charge is -2.20. The number of hydrogen-bond acceptors (Lipinski definition) is 7. The van der Waals surface area contributed by atoms with E-state index in [1.54, 1.807) is 11.3 Å². The van der Waals surface area contributed by atoms with E-state index in [1.807, 2.05) is 13.1 Å². The van der Waals surface area contributed by atoms with Gasteiger partial charge < -0.3 is 16.0 Å². The number of nitrogen functional groups attached to an aromatic ring is 1. The lowest BCUT2D eigenvalue weighted by atomic mass is 10.2. The van der Waals surface area contributed by atoms with E-state index in [-0.39, 0.29) is 0 Å². The predicted octanol–water partition coefficient (Wildman–Crippen LogP) is 3.96. The monoisotopic (exact) mass is 342 g/mol. The molecular formula is C17H22N6S. The largest absolute Gasteiger partial charge is 0.393 e. The van der Waals surface area contributed by atoms with Crippen LogP contribution in [0, 0.1) is 6.92 Å². The van der Waals surface area contributed by atoms with Gasteiger partial charge in [0.25, 0.3) is 0 Å². The second-order valence-corrected chi connectivity index (χ2v) is 6.88. The van der Waals surface area contributed by atoms with Gasteiger partial charge in [0.05, 0.1) is 10.2 Å². The van der Waals surface area contributed by atoms with Crippen LogP contribution >= 0.6 is 11.3 Å². The molecule has 126 valence electrons. The Balaban J connectivity index is 1.86. The second-order valence-electron chi connectivity index (χ2n) is 5.85. The van der Waals surface area contributed by atoms with Crippen LogP contribution in [0.2, 0.25) is 0 Å². The summed E-state index contributed by atoms with van der Waals surface area (Å²) >= 11 is 1.59. The van der Waals surface area contributed by atoms with Crippen LogP contribution < -0.4 is 16.0 Å². The Kier molecular flexibility index (Phi) is 4.80. The molecule has 0 spiro atoms. The Morgan fingerprint density at radius 1 is 1.29 bits per heavy atom.